The van der Waals surface area contributed by atoms with Crippen molar-refractivity contribution in [2.24, 2.45) is 0 Å². The molecule has 1 aliphatic rings. The van der Waals surface area contributed by atoms with Gasteiger partial charge in [0, 0.05) is 18.5 Å². The van der Waals surface area contributed by atoms with Crippen LogP contribution < -0.4 is 64.4 Å². The van der Waals surface area contributed by atoms with E-state index in [1.165, 1.54) is 12.3 Å². The van der Waals surface area contributed by atoms with Crippen LogP contribution in [0.25, 0.3) is 0 Å². The summed E-state index contributed by atoms with van der Waals surface area (Å²) in [5.41, 5.74) is 0. The predicted octanol–water partition coefficient (Wildman–Crippen LogP) is -7.97. The number of aromatic nitrogens is 1. The van der Waals surface area contributed by atoms with Crippen LogP contribution >= 0.6 is 0 Å². The number of carbonyl (C=O) groups is 2. The van der Waals surface area contributed by atoms with E-state index < -0.39 is 41.8 Å². The smallest absolute Gasteiger partial charge is 0.744 e. The Morgan fingerprint density at radius 2 is 1.50 bits per heavy atom. The van der Waals surface area contributed by atoms with Gasteiger partial charge in [0.1, 0.15) is 25.3 Å². The Morgan fingerprint density at radius 1 is 0.955 bits per heavy atom. The van der Waals surface area contributed by atoms with Crippen molar-refractivity contribution in [3.63, 3.8) is 0 Å². The molecule has 2 rings (SSSR count). The molecule has 0 saturated heterocycles. The van der Waals surface area contributed by atoms with E-state index in [-0.39, 0.29) is 59.1 Å². The minimum Gasteiger partial charge on any atom is -0.744 e. The van der Waals surface area contributed by atoms with Crippen molar-refractivity contribution in [1.29, 1.82) is 0 Å². The molecular formula is C8H6N2Na2O8S2. The quantitative estimate of drug-likeness (QED) is 0.294. The maximum atomic E-state index is 10.4. The molecule has 0 spiro atoms. The molecule has 110 valence electrons. The Balaban J connectivity index is 0. The molecule has 2 N–H and O–H groups in total. The molecule has 0 atom stereocenters. The summed E-state index contributed by atoms with van der Waals surface area (Å²) in [6, 6.07) is 0.715. The first-order valence-electron chi connectivity index (χ1n) is 4.64. The van der Waals surface area contributed by atoms with Crippen molar-refractivity contribution < 1.29 is 94.6 Å². The van der Waals surface area contributed by atoms with Crippen LogP contribution in [0.4, 0.5) is 0 Å². The third-order valence-corrected chi connectivity index (χ3v) is 3.71. The fraction of sp³-hybridized carbons (Fsp3) is 0. The number of rotatable bonds is 2. The first-order chi connectivity index (χ1) is 9.03. The molecule has 1 aliphatic heterocycles. The fourth-order valence-electron chi connectivity index (χ4n) is 1.07. The van der Waals surface area contributed by atoms with Crippen LogP contribution in [0, 0.1) is 0 Å². The molecule has 0 radical (unpaired) electrons. The second kappa shape index (κ2) is 9.32. The van der Waals surface area contributed by atoms with Gasteiger partial charge >= 0.3 is 59.1 Å². The summed E-state index contributed by atoms with van der Waals surface area (Å²) in [6.45, 7) is 0. The zero-order valence-corrected chi connectivity index (χ0v) is 17.0. The zero-order chi connectivity index (χ0) is 15.6. The maximum absolute atomic E-state index is 10.4. The van der Waals surface area contributed by atoms with Gasteiger partial charge in [-0.05, 0) is 6.07 Å². The van der Waals surface area contributed by atoms with E-state index in [4.69, 9.17) is 0 Å². The van der Waals surface area contributed by atoms with E-state index in [2.05, 4.69) is 5.32 Å². The summed E-state index contributed by atoms with van der Waals surface area (Å²) in [5.74, 6) is -1.01. The summed E-state index contributed by atoms with van der Waals surface area (Å²) >= 11 is 0. The molecule has 0 aliphatic carbocycles. The van der Waals surface area contributed by atoms with Crippen LogP contribution in [0.15, 0.2) is 34.5 Å². The average molecular weight is 368 g/mol. The first kappa shape index (κ1) is 24.2. The molecule has 14 heteroatoms. The van der Waals surface area contributed by atoms with E-state index in [0.717, 1.165) is 6.20 Å². The van der Waals surface area contributed by atoms with Gasteiger partial charge in [0.15, 0.2) is 0 Å². The van der Waals surface area contributed by atoms with Crippen molar-refractivity contribution in [1.82, 2.24) is 10.3 Å². The maximum Gasteiger partial charge on any atom is 1.00 e. The van der Waals surface area contributed by atoms with Gasteiger partial charge in [-0.2, -0.15) is 0 Å². The van der Waals surface area contributed by atoms with E-state index in [1.807, 2.05) is 4.98 Å². The zero-order valence-electron chi connectivity index (χ0n) is 11.4. The Bertz CT molecular complexity index is 734. The number of carbonyl (C=O) groups excluding carboxylic acids is 2. The number of amides is 1. The summed E-state index contributed by atoms with van der Waals surface area (Å²) in [4.78, 5) is 20.9. The standard InChI is InChI=1S/C4H5NO6S2.C4H3NO2.2Na/c6-12(7,8)3-1-2-5-4(3)13(9,10)11;6-3-1-2-5-4(3)7;;/h1-2,5H,(H,6,7,8)(H,9,10,11);1-2H,(H,5,6,7);;/q;;2*+1/p-2. The SMILES string of the molecule is O=C1C=CNC1=O.O=S(=O)([O-])c1cc[nH]c1S(=O)(=O)[O-].[Na+].[Na+]. The Morgan fingerprint density at radius 3 is 1.73 bits per heavy atom. The van der Waals surface area contributed by atoms with E-state index in [0.29, 0.717) is 6.07 Å². The third kappa shape index (κ3) is 7.04. The predicted molar refractivity (Wildman–Crippen MR) is 59.0 cm³/mol. The number of H-pyrrole nitrogens is 1. The number of ketones is 1. The molecule has 0 saturated carbocycles. The van der Waals surface area contributed by atoms with Crippen molar-refractivity contribution in [3.8, 4) is 0 Å². The molecule has 0 unspecified atom stereocenters. The minimum absolute atomic E-state index is 0. The van der Waals surface area contributed by atoms with Gasteiger partial charge in [-0.25, -0.2) is 16.8 Å². The Labute approximate surface area is 169 Å². The topological polar surface area (TPSA) is 176 Å². The normalized spacial score (nSPS) is 13.4. The van der Waals surface area contributed by atoms with E-state index >= 15 is 0 Å². The van der Waals surface area contributed by atoms with Gasteiger partial charge in [0.2, 0.25) is 5.78 Å². The summed E-state index contributed by atoms with van der Waals surface area (Å²) < 4.78 is 62.3. The second-order valence-corrected chi connectivity index (χ2v) is 5.91. The molecule has 1 aromatic rings. The first-order valence-corrected chi connectivity index (χ1v) is 7.45. The number of nitrogens with one attached hydrogen (secondary N) is 2. The van der Waals surface area contributed by atoms with Crippen LogP contribution in [0.2, 0.25) is 0 Å². The molecule has 1 amide bonds. The summed E-state index contributed by atoms with van der Waals surface area (Å²) in [7, 11) is -9.89. The van der Waals surface area contributed by atoms with Crippen molar-refractivity contribution in [2.45, 2.75) is 9.92 Å². The molecule has 10 nitrogen and oxygen atoms in total. The monoisotopic (exact) mass is 368 g/mol. The second-order valence-electron chi connectivity index (χ2n) is 3.25. The van der Waals surface area contributed by atoms with Gasteiger partial charge in [0.05, 0.1) is 4.90 Å². The van der Waals surface area contributed by atoms with Crippen molar-refractivity contribution >= 4 is 31.9 Å². The minimum atomic E-state index is -4.96. The number of hydrogen-bond donors (Lipinski definition) is 2. The largest absolute Gasteiger partial charge is 1.00 e. The van der Waals surface area contributed by atoms with E-state index in [9.17, 15) is 35.5 Å². The average Bonchev–Trinajstić information content (AvgIpc) is 2.88. The van der Waals surface area contributed by atoms with Crippen LogP contribution in [0.1, 0.15) is 0 Å². The molecule has 0 fully saturated rings. The Hall–Kier alpha value is -0.0200. The van der Waals surface area contributed by atoms with Gasteiger partial charge in [-0.15, -0.1) is 0 Å². The molecule has 1 aromatic heterocycles. The molecule has 22 heavy (non-hydrogen) atoms. The van der Waals surface area contributed by atoms with Crippen LogP contribution in [0.3, 0.4) is 0 Å². The summed E-state index contributed by atoms with van der Waals surface area (Å²) in [5, 5.41) is 1.08. The van der Waals surface area contributed by atoms with Crippen LogP contribution in [-0.2, 0) is 29.8 Å². The van der Waals surface area contributed by atoms with Gasteiger partial charge in [-0.3, -0.25) is 9.59 Å². The van der Waals surface area contributed by atoms with Gasteiger partial charge < -0.3 is 19.4 Å². The molecular weight excluding hydrogens is 362 g/mol. The third-order valence-electron chi connectivity index (χ3n) is 1.87. The van der Waals surface area contributed by atoms with Crippen LogP contribution in [0.5, 0.6) is 0 Å². The molecule has 0 aromatic carbocycles. The van der Waals surface area contributed by atoms with Crippen LogP contribution in [-0.4, -0.2) is 42.6 Å². The molecule has 0 bridgehead atoms. The number of hydrogen-bond acceptors (Lipinski definition) is 8. The van der Waals surface area contributed by atoms with E-state index in [1.54, 1.807) is 0 Å². The van der Waals surface area contributed by atoms with Crippen molar-refractivity contribution in [3.05, 3.63) is 24.5 Å². The Kier molecular flexibility index (Phi) is 10.3. The summed E-state index contributed by atoms with van der Waals surface area (Å²) in [6.07, 6.45) is 3.41. The van der Waals surface area contributed by atoms with Gasteiger partial charge in [0.25, 0.3) is 5.91 Å². The fourth-order valence-corrected chi connectivity index (χ4v) is 2.73. The number of aromatic amines is 1. The van der Waals surface area contributed by atoms with Gasteiger partial charge in [-0.1, -0.05) is 0 Å². The molecule has 2 heterocycles. The van der Waals surface area contributed by atoms with Crippen molar-refractivity contribution in [2.75, 3.05) is 0 Å².